The first-order valence-corrected chi connectivity index (χ1v) is 6.14. The highest BCUT2D eigenvalue weighted by Crippen LogP contribution is 2.47. The van der Waals surface area contributed by atoms with Gasteiger partial charge in [-0.1, -0.05) is 23.2 Å². The summed E-state index contributed by atoms with van der Waals surface area (Å²) in [5, 5.41) is 3.24. The molecule has 2 rings (SSSR count). The van der Waals surface area contributed by atoms with E-state index in [1.54, 1.807) is 0 Å². The number of nitrogens with one attached hydrogen (secondary N) is 1. The Morgan fingerprint density at radius 2 is 1.88 bits per heavy atom. The van der Waals surface area contributed by atoms with Gasteiger partial charge in [-0.3, -0.25) is 0 Å². The average molecular weight is 298 g/mol. The zero-order valence-electron chi connectivity index (χ0n) is 8.55. The Morgan fingerprint density at radius 3 is 2.53 bits per heavy atom. The Balaban J connectivity index is 2.42. The quantitative estimate of drug-likeness (QED) is 0.869. The summed E-state index contributed by atoms with van der Waals surface area (Å²) in [7, 11) is 0. The molecule has 0 amide bonds. The first-order valence-electron chi connectivity index (χ1n) is 4.65. The van der Waals surface area contributed by atoms with Crippen molar-refractivity contribution in [1.29, 1.82) is 0 Å². The number of alkyl halides is 2. The molecule has 1 heterocycles. The van der Waals surface area contributed by atoms with Gasteiger partial charge in [0.2, 0.25) is 0 Å². The van der Waals surface area contributed by atoms with Crippen molar-refractivity contribution in [2.45, 2.75) is 19.4 Å². The second-order valence-corrected chi connectivity index (χ2v) is 4.79. The van der Waals surface area contributed by atoms with Crippen molar-refractivity contribution in [3.05, 3.63) is 16.1 Å². The minimum Gasteiger partial charge on any atom is -0.374 e. The summed E-state index contributed by atoms with van der Waals surface area (Å²) >= 11 is 12.8. The van der Waals surface area contributed by atoms with Gasteiger partial charge in [0.25, 0.3) is 6.43 Å². The van der Waals surface area contributed by atoms with E-state index in [1.165, 1.54) is 13.0 Å². The average Bonchev–Trinajstić information content (AvgIpc) is 2.72. The first kappa shape index (κ1) is 12.7. The van der Waals surface area contributed by atoms with Crippen molar-refractivity contribution >= 4 is 51.6 Å². The highest BCUT2D eigenvalue weighted by molar-refractivity contribution is 7.58. The number of halogens is 4. The monoisotopic (exact) mass is 297 g/mol. The molecule has 8 heteroatoms. The Kier molecular flexibility index (Phi) is 3.65. The minimum atomic E-state index is -2.50. The van der Waals surface area contributed by atoms with E-state index in [2.05, 4.69) is 14.0 Å². The molecule has 0 saturated carbocycles. The van der Waals surface area contributed by atoms with Crippen LogP contribution in [0.4, 0.5) is 25.8 Å². The van der Waals surface area contributed by atoms with Crippen LogP contribution < -0.4 is 5.32 Å². The van der Waals surface area contributed by atoms with Crippen LogP contribution in [-0.2, 0) is 11.4 Å². The molecule has 3 nitrogen and oxygen atoms in total. The molecule has 0 aromatic heterocycles. The summed E-state index contributed by atoms with van der Waals surface area (Å²) in [6.07, 6.45) is -2.50. The van der Waals surface area contributed by atoms with Crippen molar-refractivity contribution in [1.82, 2.24) is 0 Å². The van der Waals surface area contributed by atoms with Gasteiger partial charge in [0, 0.05) is 0 Å². The SMILES string of the molecule is CC(Nc1c(Cl)cc(Cl)c2c1N=S=N2)C(F)F. The van der Waals surface area contributed by atoms with Crippen LogP contribution in [0.1, 0.15) is 6.92 Å². The van der Waals surface area contributed by atoms with Crippen LogP contribution in [0.15, 0.2) is 14.8 Å². The molecular weight excluding hydrogens is 291 g/mol. The largest absolute Gasteiger partial charge is 0.374 e. The zero-order valence-corrected chi connectivity index (χ0v) is 10.9. The third kappa shape index (κ3) is 2.43. The third-order valence-electron chi connectivity index (χ3n) is 2.19. The molecule has 1 atom stereocenters. The predicted molar refractivity (Wildman–Crippen MR) is 67.1 cm³/mol. The maximum Gasteiger partial charge on any atom is 0.258 e. The van der Waals surface area contributed by atoms with Crippen LogP contribution >= 0.6 is 23.2 Å². The summed E-state index contributed by atoms with van der Waals surface area (Å²) in [5.41, 5.74) is 1.22. The highest BCUT2D eigenvalue weighted by Gasteiger charge is 2.22. The van der Waals surface area contributed by atoms with Gasteiger partial charge < -0.3 is 5.32 Å². The Labute approximate surface area is 110 Å². The fourth-order valence-corrected chi connectivity index (χ4v) is 2.47. The molecule has 1 N–H and O–H groups in total. The molecule has 0 spiro atoms. The highest BCUT2D eigenvalue weighted by atomic mass is 35.5. The lowest BCUT2D eigenvalue weighted by atomic mass is 10.2. The number of hydrogen-bond acceptors (Lipinski definition) is 3. The maximum atomic E-state index is 12.5. The second kappa shape index (κ2) is 4.88. The van der Waals surface area contributed by atoms with E-state index in [-0.39, 0.29) is 5.02 Å². The van der Waals surface area contributed by atoms with Crippen LogP contribution in [-0.4, -0.2) is 12.5 Å². The number of rotatable bonds is 3. The molecule has 1 aromatic carbocycles. The van der Waals surface area contributed by atoms with Crippen molar-refractivity contribution < 1.29 is 8.78 Å². The Morgan fingerprint density at radius 1 is 1.24 bits per heavy atom. The number of fused-ring (bicyclic) bond motifs is 1. The number of hydrogen-bond donors (Lipinski definition) is 1. The van der Waals surface area contributed by atoms with Crippen molar-refractivity contribution in [2.24, 2.45) is 8.73 Å². The van der Waals surface area contributed by atoms with E-state index in [1.807, 2.05) is 0 Å². The molecule has 1 aliphatic rings. The van der Waals surface area contributed by atoms with E-state index in [4.69, 9.17) is 23.2 Å². The van der Waals surface area contributed by atoms with Crippen molar-refractivity contribution in [2.75, 3.05) is 5.32 Å². The lowest BCUT2D eigenvalue weighted by molar-refractivity contribution is 0.131. The van der Waals surface area contributed by atoms with Crippen LogP contribution in [0.3, 0.4) is 0 Å². The predicted octanol–water partition coefficient (Wildman–Crippen LogP) is 4.79. The molecule has 92 valence electrons. The fourth-order valence-electron chi connectivity index (χ4n) is 1.30. The van der Waals surface area contributed by atoms with Crippen LogP contribution in [0.25, 0.3) is 0 Å². The lowest BCUT2D eigenvalue weighted by Gasteiger charge is -2.17. The van der Waals surface area contributed by atoms with Gasteiger partial charge in [-0.2, -0.15) is 8.73 Å². The Bertz CT molecular complexity index is 529. The molecule has 1 unspecified atom stereocenters. The van der Waals surface area contributed by atoms with Crippen LogP contribution in [0.2, 0.25) is 10.0 Å². The van der Waals surface area contributed by atoms with Gasteiger partial charge in [-0.25, -0.2) is 8.78 Å². The molecule has 17 heavy (non-hydrogen) atoms. The molecular formula is C9H7Cl2F2N3S. The van der Waals surface area contributed by atoms with Gasteiger partial charge in [0.05, 0.1) is 33.1 Å². The second-order valence-electron chi connectivity index (χ2n) is 3.44. The van der Waals surface area contributed by atoms with Gasteiger partial charge >= 0.3 is 0 Å². The van der Waals surface area contributed by atoms with E-state index < -0.39 is 12.5 Å². The van der Waals surface area contributed by atoms with E-state index >= 15 is 0 Å². The van der Waals surface area contributed by atoms with Crippen molar-refractivity contribution in [3.8, 4) is 0 Å². The van der Waals surface area contributed by atoms with Gasteiger partial charge in [0.15, 0.2) is 0 Å². The third-order valence-corrected chi connectivity index (χ3v) is 3.31. The summed E-state index contributed by atoms with van der Waals surface area (Å²) in [6.45, 7) is 1.36. The Hall–Kier alpha value is -0.720. The maximum absolute atomic E-state index is 12.5. The molecule has 1 aromatic rings. The number of anilines is 1. The molecule has 1 aliphatic heterocycles. The summed E-state index contributed by atoms with van der Waals surface area (Å²) in [4.78, 5) is 0. The van der Waals surface area contributed by atoms with Crippen LogP contribution in [0, 0.1) is 0 Å². The number of nitrogens with zero attached hydrogens (tertiary/aromatic N) is 2. The van der Waals surface area contributed by atoms with Crippen molar-refractivity contribution in [3.63, 3.8) is 0 Å². The number of benzene rings is 1. The van der Waals surface area contributed by atoms with Gasteiger partial charge in [-0.15, -0.1) is 0 Å². The standard InChI is InChI=1S/C9H7Cl2F2N3S/c1-3(9(12)13)14-6-4(10)2-5(11)7-8(6)16-17-15-7/h2-3,9,14H,1H3. The zero-order chi connectivity index (χ0) is 12.6. The molecule has 0 aliphatic carbocycles. The smallest absolute Gasteiger partial charge is 0.258 e. The summed E-state index contributed by atoms with van der Waals surface area (Å²) in [5.74, 6) is 0. The van der Waals surface area contributed by atoms with E-state index in [0.29, 0.717) is 22.1 Å². The normalized spacial score (nSPS) is 14.7. The lowest BCUT2D eigenvalue weighted by Crippen LogP contribution is -2.23. The topological polar surface area (TPSA) is 36.8 Å². The first-order chi connectivity index (χ1) is 8.00. The van der Waals surface area contributed by atoms with E-state index in [0.717, 1.165) is 11.4 Å². The van der Waals surface area contributed by atoms with Gasteiger partial charge in [-0.05, 0) is 13.0 Å². The van der Waals surface area contributed by atoms with Crippen LogP contribution in [0.5, 0.6) is 0 Å². The molecule has 0 saturated heterocycles. The fraction of sp³-hybridized carbons (Fsp3) is 0.333. The molecule has 0 radical (unpaired) electrons. The summed E-state index contributed by atoms with van der Waals surface area (Å²) < 4.78 is 33.0. The minimum absolute atomic E-state index is 0.253. The molecule has 0 bridgehead atoms. The molecule has 0 fully saturated rings. The van der Waals surface area contributed by atoms with Gasteiger partial charge in [0.1, 0.15) is 11.4 Å². The van der Waals surface area contributed by atoms with E-state index in [9.17, 15) is 8.78 Å². The summed E-state index contributed by atoms with van der Waals surface area (Å²) in [6, 6.07) is 0.437.